The van der Waals surface area contributed by atoms with Crippen LogP contribution in [0, 0.1) is 10.1 Å². The molecule has 13 heteroatoms. The molecule has 0 saturated heterocycles. The minimum atomic E-state index is -4.58. The molecule has 2 aromatic carbocycles. The van der Waals surface area contributed by atoms with Crippen LogP contribution >= 0.6 is 18.9 Å². The average molecular weight is 485 g/mol. The van der Waals surface area contributed by atoms with E-state index in [0.29, 0.717) is 5.56 Å². The highest BCUT2D eigenvalue weighted by atomic mass is 32.2. The lowest BCUT2D eigenvalue weighted by atomic mass is 10.1. The lowest BCUT2D eigenvalue weighted by Gasteiger charge is -2.24. The summed E-state index contributed by atoms with van der Waals surface area (Å²) in [5.41, 5.74) is 0.410. The fraction of sp³-hybridized carbons (Fsp3) is 0.111. The number of nitro groups is 1. The molecular formula is C18H20N3O7PS2. The van der Waals surface area contributed by atoms with Crippen molar-refractivity contribution in [1.29, 1.82) is 0 Å². The number of hydrogen-bond acceptors (Lipinski definition) is 8. The van der Waals surface area contributed by atoms with E-state index >= 15 is 0 Å². The predicted molar refractivity (Wildman–Crippen MR) is 117 cm³/mol. The Hall–Kier alpha value is -2.60. The number of sulfonamides is 1. The molecule has 0 spiro atoms. The number of rotatable bonds is 9. The third-order valence-corrected chi connectivity index (χ3v) is 8.62. The van der Waals surface area contributed by atoms with Crippen LogP contribution < -0.4 is 15.4 Å². The fourth-order valence-corrected chi connectivity index (χ4v) is 6.58. The summed E-state index contributed by atoms with van der Waals surface area (Å²) < 4.78 is 45.8. The first-order valence-corrected chi connectivity index (χ1v) is 12.5. The van der Waals surface area contributed by atoms with Crippen LogP contribution in [-0.4, -0.2) is 24.0 Å². The molecule has 0 aliphatic rings. The number of nitro benzene ring substituents is 1. The minimum absolute atomic E-state index is 0. The molecular weight excluding hydrogens is 465 g/mol. The van der Waals surface area contributed by atoms with Crippen LogP contribution in [-0.2, 0) is 21.0 Å². The van der Waals surface area contributed by atoms with E-state index in [4.69, 9.17) is 4.52 Å². The second-order valence-corrected chi connectivity index (χ2v) is 11.0. The van der Waals surface area contributed by atoms with E-state index < -0.39 is 28.3 Å². The molecule has 0 aliphatic heterocycles. The zero-order chi connectivity index (χ0) is 21.8. The average Bonchev–Trinajstić information content (AvgIpc) is 3.24. The lowest BCUT2D eigenvalue weighted by Crippen LogP contribution is -2.37. The molecule has 0 radical (unpaired) electrons. The molecule has 2 atom stereocenters. The van der Waals surface area contributed by atoms with Gasteiger partial charge in [-0.05, 0) is 29.1 Å². The largest absolute Gasteiger partial charge is 0.423 e. The SMILES string of the molecule is N.O=[N+]([O-])c1ccc(OP(=O)(O)C(Cc2ccccc2)NS(=O)(=O)c2cccs2)cc1. The number of nitrogens with one attached hydrogen (secondary N) is 1. The molecule has 2 unspecified atom stereocenters. The first-order chi connectivity index (χ1) is 14.2. The standard InChI is InChI=1S/C18H17N2O7PS2.H3N/c21-20(22)15-8-10-16(11-9-15)27-28(23,24)17(13-14-5-2-1-3-6-14)19-30(25,26)18-7-4-12-29-18;/h1-12,17,19H,13H2,(H,23,24);1H3. The highest BCUT2D eigenvalue weighted by Crippen LogP contribution is 2.48. The zero-order valence-corrected chi connectivity index (χ0v) is 18.6. The smallest absolute Gasteiger partial charge is 0.394 e. The topological polar surface area (TPSA) is 171 Å². The van der Waals surface area contributed by atoms with Crippen LogP contribution in [0.15, 0.2) is 76.3 Å². The molecule has 1 aromatic heterocycles. The molecule has 5 N–H and O–H groups in total. The molecule has 0 bridgehead atoms. The van der Waals surface area contributed by atoms with Crippen molar-refractivity contribution in [3.05, 3.63) is 87.8 Å². The Kier molecular flexibility index (Phi) is 8.07. The second kappa shape index (κ2) is 10.1. The first kappa shape index (κ1) is 24.7. The van der Waals surface area contributed by atoms with Crippen molar-refractivity contribution in [2.75, 3.05) is 0 Å². The zero-order valence-electron chi connectivity index (χ0n) is 16.0. The summed E-state index contributed by atoms with van der Waals surface area (Å²) in [5, 5.41) is 12.3. The molecule has 31 heavy (non-hydrogen) atoms. The Balaban J connectivity index is 0.00000341. The molecule has 166 valence electrons. The molecule has 0 aliphatic carbocycles. The highest BCUT2D eigenvalue weighted by molar-refractivity contribution is 7.91. The van der Waals surface area contributed by atoms with Crippen molar-refractivity contribution in [2.24, 2.45) is 0 Å². The van der Waals surface area contributed by atoms with Crippen LogP contribution in [0.3, 0.4) is 0 Å². The van der Waals surface area contributed by atoms with E-state index in [-0.39, 0.29) is 28.2 Å². The summed E-state index contributed by atoms with van der Waals surface area (Å²) in [6.07, 6.45) is -0.105. The Morgan fingerprint density at radius 1 is 1.10 bits per heavy atom. The number of non-ortho nitro benzene ring substituents is 1. The summed E-state index contributed by atoms with van der Waals surface area (Å²) in [6.45, 7) is 0. The molecule has 0 amide bonds. The summed E-state index contributed by atoms with van der Waals surface area (Å²) >= 11 is 0.971. The number of benzene rings is 2. The van der Waals surface area contributed by atoms with Crippen molar-refractivity contribution in [3.8, 4) is 5.75 Å². The molecule has 3 rings (SSSR count). The summed E-state index contributed by atoms with van der Waals surface area (Å²) in [5.74, 6) is -1.58. The Morgan fingerprint density at radius 3 is 2.29 bits per heavy atom. The van der Waals surface area contributed by atoms with Gasteiger partial charge in [0.05, 0.1) is 4.92 Å². The highest BCUT2D eigenvalue weighted by Gasteiger charge is 2.38. The number of nitrogens with zero attached hydrogens (tertiary/aromatic N) is 1. The third kappa shape index (κ3) is 6.44. The Labute approximate surface area is 182 Å². The van der Waals surface area contributed by atoms with Crippen molar-refractivity contribution in [3.63, 3.8) is 0 Å². The lowest BCUT2D eigenvalue weighted by molar-refractivity contribution is -0.384. The van der Waals surface area contributed by atoms with E-state index in [1.165, 1.54) is 18.2 Å². The molecule has 0 saturated carbocycles. The number of thiophene rings is 1. The molecule has 10 nitrogen and oxygen atoms in total. The minimum Gasteiger partial charge on any atom is -0.423 e. The van der Waals surface area contributed by atoms with E-state index in [0.717, 1.165) is 23.5 Å². The quantitative estimate of drug-likeness (QED) is 0.232. The summed E-state index contributed by atoms with van der Waals surface area (Å²) in [7, 11) is -8.65. The van der Waals surface area contributed by atoms with Gasteiger partial charge in [-0.25, -0.2) is 13.0 Å². The van der Waals surface area contributed by atoms with Gasteiger partial charge in [0.1, 0.15) is 15.7 Å². The summed E-state index contributed by atoms with van der Waals surface area (Å²) in [4.78, 5) is 20.8. The summed E-state index contributed by atoms with van der Waals surface area (Å²) in [6, 6.07) is 16.1. The Bertz CT molecular complexity index is 1150. The molecule has 0 fully saturated rings. The monoisotopic (exact) mass is 485 g/mol. The maximum Gasteiger partial charge on any atom is 0.394 e. The van der Waals surface area contributed by atoms with E-state index in [9.17, 15) is 28.0 Å². The van der Waals surface area contributed by atoms with Crippen LogP contribution in [0.1, 0.15) is 5.56 Å². The van der Waals surface area contributed by atoms with Crippen LogP contribution in [0.2, 0.25) is 0 Å². The van der Waals surface area contributed by atoms with Crippen molar-refractivity contribution in [2.45, 2.75) is 16.4 Å². The molecule has 1 heterocycles. The van der Waals surface area contributed by atoms with Gasteiger partial charge in [-0.15, -0.1) is 11.3 Å². The first-order valence-electron chi connectivity index (χ1n) is 8.54. The van der Waals surface area contributed by atoms with Gasteiger partial charge in [0, 0.05) is 18.6 Å². The van der Waals surface area contributed by atoms with Gasteiger partial charge in [-0.2, -0.15) is 4.72 Å². The van der Waals surface area contributed by atoms with Gasteiger partial charge in [0.15, 0.2) is 0 Å². The van der Waals surface area contributed by atoms with E-state index in [2.05, 4.69) is 4.72 Å². The van der Waals surface area contributed by atoms with Gasteiger partial charge in [0.25, 0.3) is 15.7 Å². The van der Waals surface area contributed by atoms with Gasteiger partial charge < -0.3 is 15.6 Å². The van der Waals surface area contributed by atoms with Crippen LogP contribution in [0.5, 0.6) is 5.75 Å². The fourth-order valence-electron chi connectivity index (χ4n) is 2.56. The second-order valence-electron chi connectivity index (χ2n) is 6.17. The Morgan fingerprint density at radius 2 is 1.74 bits per heavy atom. The van der Waals surface area contributed by atoms with Gasteiger partial charge in [-0.1, -0.05) is 36.4 Å². The molecule has 3 aromatic rings. The third-order valence-electron chi connectivity index (χ3n) is 4.00. The van der Waals surface area contributed by atoms with Crippen LogP contribution in [0.4, 0.5) is 5.69 Å². The predicted octanol–water partition coefficient (Wildman–Crippen LogP) is 3.93. The normalized spacial score (nSPS) is 14.1. The van der Waals surface area contributed by atoms with Crippen molar-refractivity contribution in [1.82, 2.24) is 10.9 Å². The van der Waals surface area contributed by atoms with Gasteiger partial charge in [-0.3, -0.25) is 10.1 Å². The van der Waals surface area contributed by atoms with Crippen molar-refractivity contribution < 1.29 is 27.3 Å². The maximum atomic E-state index is 13.0. The van der Waals surface area contributed by atoms with Gasteiger partial charge in [0.2, 0.25) is 0 Å². The van der Waals surface area contributed by atoms with E-state index in [1.54, 1.807) is 41.8 Å². The maximum absolute atomic E-state index is 13.0. The van der Waals surface area contributed by atoms with Crippen molar-refractivity contribution >= 4 is 34.6 Å². The number of hydrogen-bond donors (Lipinski definition) is 3. The van der Waals surface area contributed by atoms with Crippen LogP contribution in [0.25, 0.3) is 0 Å². The van der Waals surface area contributed by atoms with E-state index in [1.807, 2.05) is 0 Å². The van der Waals surface area contributed by atoms with Gasteiger partial charge >= 0.3 is 7.60 Å².